The molecule has 0 fully saturated rings. The Morgan fingerprint density at radius 2 is 1.77 bits per heavy atom. The summed E-state index contributed by atoms with van der Waals surface area (Å²) in [4.78, 5) is -0.0643. The fourth-order valence-corrected chi connectivity index (χ4v) is 3.61. The zero-order chi connectivity index (χ0) is 18.7. The van der Waals surface area contributed by atoms with Crippen molar-refractivity contribution in [3.63, 3.8) is 0 Å². The maximum Gasteiger partial charge on any atom is 0.268 e. The molecule has 1 heterocycles. The second kappa shape index (κ2) is 7.09. The normalized spacial score (nSPS) is 11.2. The maximum absolute atomic E-state index is 12.9. The summed E-state index contributed by atoms with van der Waals surface area (Å²) in [5, 5.41) is 3.72. The maximum atomic E-state index is 12.9. The number of nitrogens with zero attached hydrogens (tertiary/aromatic N) is 1. The van der Waals surface area contributed by atoms with Crippen LogP contribution < -0.4 is 14.2 Å². The van der Waals surface area contributed by atoms with Gasteiger partial charge in [0.15, 0.2) is 0 Å². The Labute approximate surface area is 151 Å². The molecule has 0 aliphatic heterocycles. The van der Waals surface area contributed by atoms with Crippen molar-refractivity contribution >= 4 is 15.9 Å². The SMILES string of the molecule is COc1ccc(OC)c(S(=O)(=O)Nc2oncc2-c2ccc(C)cc2)c1. The molecule has 0 saturated carbocycles. The number of nitrogens with one attached hydrogen (secondary N) is 1. The molecule has 0 atom stereocenters. The van der Waals surface area contributed by atoms with Crippen molar-refractivity contribution in [3.8, 4) is 22.6 Å². The van der Waals surface area contributed by atoms with E-state index < -0.39 is 10.0 Å². The van der Waals surface area contributed by atoms with Crippen molar-refractivity contribution < 1.29 is 22.4 Å². The number of anilines is 1. The van der Waals surface area contributed by atoms with Gasteiger partial charge in [-0.25, -0.2) is 13.1 Å². The van der Waals surface area contributed by atoms with Crippen molar-refractivity contribution in [2.75, 3.05) is 18.9 Å². The summed E-state index contributed by atoms with van der Waals surface area (Å²) in [5.74, 6) is 0.607. The number of benzene rings is 2. The van der Waals surface area contributed by atoms with Crippen LogP contribution in [-0.4, -0.2) is 27.8 Å². The minimum absolute atomic E-state index is 0.0266. The van der Waals surface area contributed by atoms with Crippen LogP contribution in [0.25, 0.3) is 11.1 Å². The highest BCUT2D eigenvalue weighted by atomic mass is 32.2. The molecule has 0 aliphatic rings. The molecule has 7 nitrogen and oxygen atoms in total. The summed E-state index contributed by atoms with van der Waals surface area (Å²) in [6, 6.07) is 12.1. The molecule has 1 N–H and O–H groups in total. The molecule has 0 aliphatic carbocycles. The van der Waals surface area contributed by atoms with Crippen molar-refractivity contribution in [1.29, 1.82) is 0 Å². The van der Waals surface area contributed by atoms with Gasteiger partial charge in [0.2, 0.25) is 5.88 Å². The van der Waals surface area contributed by atoms with Crippen molar-refractivity contribution in [2.45, 2.75) is 11.8 Å². The number of methoxy groups -OCH3 is 2. The summed E-state index contributed by atoms with van der Waals surface area (Å²) in [6.45, 7) is 1.97. The molecule has 2 aromatic carbocycles. The summed E-state index contributed by atoms with van der Waals surface area (Å²) >= 11 is 0. The second-order valence-electron chi connectivity index (χ2n) is 5.56. The van der Waals surface area contributed by atoms with Gasteiger partial charge in [-0.2, -0.15) is 0 Å². The molecule has 3 rings (SSSR count). The Bertz CT molecular complexity index is 1010. The summed E-state index contributed by atoms with van der Waals surface area (Å²) in [7, 11) is -1.13. The van der Waals surface area contributed by atoms with Crippen LogP contribution in [-0.2, 0) is 10.0 Å². The molecule has 0 amide bonds. The number of hydrogen-bond donors (Lipinski definition) is 1. The van der Waals surface area contributed by atoms with E-state index in [9.17, 15) is 8.42 Å². The average Bonchev–Trinajstić information content (AvgIpc) is 3.09. The minimum atomic E-state index is -3.99. The largest absolute Gasteiger partial charge is 0.497 e. The van der Waals surface area contributed by atoms with Gasteiger partial charge in [0.05, 0.1) is 26.0 Å². The lowest BCUT2D eigenvalue weighted by Crippen LogP contribution is -2.14. The quantitative estimate of drug-likeness (QED) is 0.710. The Balaban J connectivity index is 1.99. The van der Waals surface area contributed by atoms with Crippen LogP contribution >= 0.6 is 0 Å². The van der Waals surface area contributed by atoms with Crippen LogP contribution in [0.15, 0.2) is 58.1 Å². The zero-order valence-electron chi connectivity index (χ0n) is 14.5. The van der Waals surface area contributed by atoms with Gasteiger partial charge < -0.3 is 14.0 Å². The van der Waals surface area contributed by atoms with Crippen molar-refractivity contribution in [2.24, 2.45) is 0 Å². The first-order valence-corrected chi connectivity index (χ1v) is 9.19. The molecule has 1 aromatic heterocycles. The molecular formula is C18H18N2O5S. The lowest BCUT2D eigenvalue weighted by atomic mass is 10.1. The molecule has 26 heavy (non-hydrogen) atoms. The molecule has 0 saturated heterocycles. The molecule has 8 heteroatoms. The zero-order valence-corrected chi connectivity index (χ0v) is 15.3. The molecule has 0 bridgehead atoms. The van der Waals surface area contributed by atoms with E-state index in [2.05, 4.69) is 9.88 Å². The highest BCUT2D eigenvalue weighted by Crippen LogP contribution is 2.33. The summed E-state index contributed by atoms with van der Waals surface area (Å²) in [5.41, 5.74) is 2.41. The molecule has 136 valence electrons. The lowest BCUT2D eigenvalue weighted by molar-refractivity contribution is 0.392. The number of ether oxygens (including phenoxy) is 2. The number of aryl methyl sites for hydroxylation is 1. The Hall–Kier alpha value is -3.00. The van der Waals surface area contributed by atoms with E-state index in [4.69, 9.17) is 14.0 Å². The molecular weight excluding hydrogens is 356 g/mol. The van der Waals surface area contributed by atoms with Crippen molar-refractivity contribution in [1.82, 2.24) is 5.16 Å². The topological polar surface area (TPSA) is 90.7 Å². The molecule has 0 radical (unpaired) electrons. The van der Waals surface area contributed by atoms with Crippen LogP contribution in [0, 0.1) is 6.92 Å². The van der Waals surface area contributed by atoms with E-state index in [1.165, 1.54) is 32.5 Å². The van der Waals surface area contributed by atoms with Gasteiger partial charge in [0, 0.05) is 6.07 Å². The van der Waals surface area contributed by atoms with Gasteiger partial charge >= 0.3 is 0 Å². The standard InChI is InChI=1S/C18H18N2O5S/c1-12-4-6-13(7-5-12)15-11-19-25-18(15)20-26(21,22)17-10-14(23-2)8-9-16(17)24-3/h4-11,20H,1-3H3. The van der Waals surface area contributed by atoms with Gasteiger partial charge in [-0.05, 0) is 24.6 Å². The molecule has 0 unspecified atom stereocenters. The van der Waals surface area contributed by atoms with Crippen LogP contribution in [0.2, 0.25) is 0 Å². The van der Waals surface area contributed by atoms with E-state index in [1.54, 1.807) is 6.07 Å². The Morgan fingerprint density at radius 1 is 1.04 bits per heavy atom. The number of sulfonamides is 1. The Morgan fingerprint density at radius 3 is 2.42 bits per heavy atom. The lowest BCUT2D eigenvalue weighted by Gasteiger charge is -2.12. The average molecular weight is 374 g/mol. The third-order valence-corrected chi connectivity index (χ3v) is 5.17. The third kappa shape index (κ3) is 3.50. The third-order valence-electron chi connectivity index (χ3n) is 3.82. The van der Waals surface area contributed by atoms with Crippen molar-refractivity contribution in [3.05, 3.63) is 54.2 Å². The van der Waals surface area contributed by atoms with E-state index in [0.717, 1.165) is 11.1 Å². The fourth-order valence-electron chi connectivity index (χ4n) is 2.42. The van der Waals surface area contributed by atoms with E-state index in [0.29, 0.717) is 11.3 Å². The number of hydrogen-bond acceptors (Lipinski definition) is 6. The van der Waals surface area contributed by atoms with Crippen LogP contribution in [0.5, 0.6) is 11.5 Å². The predicted molar refractivity (Wildman–Crippen MR) is 97.0 cm³/mol. The smallest absolute Gasteiger partial charge is 0.268 e. The summed E-state index contributed by atoms with van der Waals surface area (Å²) in [6.07, 6.45) is 1.46. The van der Waals surface area contributed by atoms with E-state index in [-0.39, 0.29) is 16.5 Å². The summed E-state index contributed by atoms with van der Waals surface area (Å²) < 4.78 is 43.5. The monoisotopic (exact) mass is 374 g/mol. The highest BCUT2D eigenvalue weighted by molar-refractivity contribution is 7.92. The fraction of sp³-hybridized carbons (Fsp3) is 0.167. The second-order valence-corrected chi connectivity index (χ2v) is 7.21. The van der Waals surface area contributed by atoms with E-state index >= 15 is 0 Å². The molecule has 0 spiro atoms. The first-order chi connectivity index (χ1) is 12.4. The van der Waals surface area contributed by atoms with Gasteiger partial charge in [-0.15, -0.1) is 0 Å². The van der Waals surface area contributed by atoms with Gasteiger partial charge in [-0.1, -0.05) is 35.0 Å². The number of rotatable bonds is 6. The van der Waals surface area contributed by atoms with E-state index in [1.807, 2.05) is 31.2 Å². The van der Waals surface area contributed by atoms with Crippen LogP contribution in [0.3, 0.4) is 0 Å². The number of aromatic nitrogens is 1. The first kappa shape index (κ1) is 17.8. The Kier molecular flexibility index (Phi) is 4.85. The van der Waals surface area contributed by atoms with Crippen LogP contribution in [0.4, 0.5) is 5.88 Å². The highest BCUT2D eigenvalue weighted by Gasteiger charge is 2.24. The van der Waals surface area contributed by atoms with Gasteiger partial charge in [-0.3, -0.25) is 0 Å². The van der Waals surface area contributed by atoms with Crippen LogP contribution in [0.1, 0.15) is 5.56 Å². The predicted octanol–water partition coefficient (Wildman–Crippen LogP) is 3.47. The molecule has 3 aromatic rings. The first-order valence-electron chi connectivity index (χ1n) is 7.71. The minimum Gasteiger partial charge on any atom is -0.497 e. The van der Waals surface area contributed by atoms with Gasteiger partial charge in [0.1, 0.15) is 16.4 Å². The van der Waals surface area contributed by atoms with Gasteiger partial charge in [0.25, 0.3) is 10.0 Å².